The number of aryl methyl sites for hydroxylation is 2. The first kappa shape index (κ1) is 21.5. The van der Waals surface area contributed by atoms with Crippen LogP contribution < -0.4 is 10.6 Å². The largest absolute Gasteiger partial charge is 0.323 e. The highest BCUT2D eigenvalue weighted by molar-refractivity contribution is 7.10. The average molecular weight is 423 g/mol. The molecule has 0 bridgehead atoms. The lowest BCUT2D eigenvalue weighted by Gasteiger charge is -2.08. The van der Waals surface area contributed by atoms with Gasteiger partial charge in [-0.05, 0) is 62.1 Å². The first-order chi connectivity index (χ1) is 14.5. The smallest absolute Gasteiger partial charge is 0.255 e. The molecule has 0 unspecified atom stereocenters. The van der Waals surface area contributed by atoms with Crippen LogP contribution in [-0.2, 0) is 11.3 Å². The molecule has 3 rings (SSSR count). The van der Waals surface area contributed by atoms with Gasteiger partial charge in [-0.1, -0.05) is 19.4 Å². The minimum atomic E-state index is -0.216. The highest BCUT2D eigenvalue weighted by Crippen LogP contribution is 2.21. The number of carbonyl (C=O) groups excluding carboxylic acids is 2. The van der Waals surface area contributed by atoms with Gasteiger partial charge in [0.2, 0.25) is 5.91 Å². The van der Waals surface area contributed by atoms with Gasteiger partial charge in [0.1, 0.15) is 0 Å². The van der Waals surface area contributed by atoms with Crippen molar-refractivity contribution in [2.45, 2.75) is 40.2 Å². The summed E-state index contributed by atoms with van der Waals surface area (Å²) in [6.07, 6.45) is 5.40. The molecule has 0 atom stereocenters. The van der Waals surface area contributed by atoms with E-state index in [1.807, 2.05) is 36.0 Å². The van der Waals surface area contributed by atoms with Crippen molar-refractivity contribution in [3.8, 4) is 0 Å². The second-order valence-electron chi connectivity index (χ2n) is 6.99. The van der Waals surface area contributed by atoms with Crippen molar-refractivity contribution >= 4 is 40.6 Å². The van der Waals surface area contributed by atoms with E-state index in [0.717, 1.165) is 41.3 Å². The molecule has 0 aliphatic carbocycles. The molecule has 0 aliphatic rings. The van der Waals surface area contributed by atoms with Gasteiger partial charge in [0.25, 0.3) is 5.91 Å². The van der Waals surface area contributed by atoms with E-state index in [0.29, 0.717) is 11.3 Å². The van der Waals surface area contributed by atoms with Crippen LogP contribution in [0, 0.1) is 13.8 Å². The van der Waals surface area contributed by atoms with Gasteiger partial charge < -0.3 is 10.6 Å². The van der Waals surface area contributed by atoms with E-state index in [-0.39, 0.29) is 11.8 Å². The third-order valence-electron chi connectivity index (χ3n) is 4.70. The van der Waals surface area contributed by atoms with Crippen LogP contribution >= 0.6 is 11.3 Å². The second kappa shape index (κ2) is 10.0. The Kier molecular flexibility index (Phi) is 7.19. The maximum atomic E-state index is 12.7. The number of amides is 2. The van der Waals surface area contributed by atoms with E-state index in [1.165, 1.54) is 6.08 Å². The highest BCUT2D eigenvalue weighted by Gasteiger charge is 2.15. The van der Waals surface area contributed by atoms with Crippen LogP contribution in [0.25, 0.3) is 6.08 Å². The number of unbranched alkanes of at least 4 members (excludes halogenated alkanes) is 1. The zero-order valence-electron chi connectivity index (χ0n) is 17.4. The van der Waals surface area contributed by atoms with Gasteiger partial charge in [-0.3, -0.25) is 14.3 Å². The molecule has 0 fully saturated rings. The minimum absolute atomic E-state index is 0.202. The normalized spacial score (nSPS) is 11.0. The molecule has 0 saturated carbocycles. The van der Waals surface area contributed by atoms with Crippen LogP contribution in [0.5, 0.6) is 0 Å². The number of aromatic nitrogens is 2. The van der Waals surface area contributed by atoms with Crippen LogP contribution in [0.3, 0.4) is 0 Å². The van der Waals surface area contributed by atoms with Crippen LogP contribution in [0.15, 0.2) is 47.9 Å². The maximum absolute atomic E-state index is 12.7. The lowest BCUT2D eigenvalue weighted by Crippen LogP contribution is -2.14. The summed E-state index contributed by atoms with van der Waals surface area (Å²) in [5, 5.41) is 12.2. The lowest BCUT2D eigenvalue weighted by molar-refractivity contribution is -0.111. The fourth-order valence-corrected chi connectivity index (χ4v) is 3.64. The number of carbonyl (C=O) groups is 2. The molecule has 2 N–H and O–H groups in total. The molecule has 7 heteroatoms. The molecular weight excluding hydrogens is 396 g/mol. The maximum Gasteiger partial charge on any atom is 0.255 e. The van der Waals surface area contributed by atoms with Gasteiger partial charge in [0, 0.05) is 28.7 Å². The van der Waals surface area contributed by atoms with Crippen molar-refractivity contribution in [2.75, 3.05) is 10.6 Å². The topological polar surface area (TPSA) is 76.0 Å². The van der Waals surface area contributed by atoms with E-state index in [4.69, 9.17) is 0 Å². The molecule has 0 saturated heterocycles. The first-order valence-corrected chi connectivity index (χ1v) is 10.8. The third kappa shape index (κ3) is 5.45. The quantitative estimate of drug-likeness (QED) is 0.486. The van der Waals surface area contributed by atoms with Gasteiger partial charge in [-0.2, -0.15) is 5.10 Å². The molecule has 2 aromatic heterocycles. The van der Waals surface area contributed by atoms with Crippen LogP contribution in [0.4, 0.5) is 11.4 Å². The van der Waals surface area contributed by atoms with E-state index in [1.54, 1.807) is 41.7 Å². The number of thiophene rings is 1. The van der Waals surface area contributed by atoms with E-state index >= 15 is 0 Å². The summed E-state index contributed by atoms with van der Waals surface area (Å²) in [4.78, 5) is 25.7. The van der Waals surface area contributed by atoms with Crippen molar-refractivity contribution in [3.63, 3.8) is 0 Å². The molecule has 1 aromatic carbocycles. The summed E-state index contributed by atoms with van der Waals surface area (Å²) in [5.74, 6) is -0.418. The summed E-state index contributed by atoms with van der Waals surface area (Å²) in [5.41, 5.74) is 3.66. The molecule has 156 valence electrons. The van der Waals surface area contributed by atoms with Gasteiger partial charge >= 0.3 is 0 Å². The molecule has 2 heterocycles. The van der Waals surface area contributed by atoms with Gasteiger partial charge in [0.05, 0.1) is 17.1 Å². The van der Waals surface area contributed by atoms with Crippen molar-refractivity contribution in [1.29, 1.82) is 0 Å². The highest BCUT2D eigenvalue weighted by atomic mass is 32.1. The van der Waals surface area contributed by atoms with Crippen molar-refractivity contribution in [2.24, 2.45) is 0 Å². The lowest BCUT2D eigenvalue weighted by atomic mass is 10.2. The number of nitrogens with zero attached hydrogens (tertiary/aromatic N) is 2. The molecule has 6 nitrogen and oxygen atoms in total. The first-order valence-electron chi connectivity index (χ1n) is 9.96. The number of anilines is 2. The molecule has 0 radical (unpaired) electrons. The Morgan fingerprint density at radius 3 is 2.57 bits per heavy atom. The predicted molar refractivity (Wildman–Crippen MR) is 123 cm³/mol. The number of rotatable bonds is 8. The van der Waals surface area contributed by atoms with Crippen molar-refractivity contribution in [3.05, 3.63) is 69.7 Å². The van der Waals surface area contributed by atoms with Crippen LogP contribution in [0.1, 0.15) is 46.4 Å². The minimum Gasteiger partial charge on any atom is -0.323 e. The standard InChI is InChI=1S/C23H26N4O2S/c1-4-5-14-27-17(3)22(16(2)26-27)25-23(29)18-8-10-19(11-9-18)24-21(28)13-12-20-7-6-15-30-20/h6-13,15H,4-5,14H2,1-3H3,(H,24,28)(H,25,29)/b13-12+. The van der Waals surface area contributed by atoms with Crippen molar-refractivity contribution in [1.82, 2.24) is 9.78 Å². The monoisotopic (exact) mass is 422 g/mol. The predicted octanol–water partition coefficient (Wildman–Crippen LogP) is 5.27. The van der Waals surface area contributed by atoms with Gasteiger partial charge in [-0.25, -0.2) is 0 Å². The number of hydrogen-bond donors (Lipinski definition) is 2. The Bertz CT molecular complexity index is 1030. The number of benzene rings is 1. The Balaban J connectivity index is 1.61. The zero-order chi connectivity index (χ0) is 21.5. The Morgan fingerprint density at radius 1 is 1.13 bits per heavy atom. The van der Waals surface area contributed by atoms with E-state index < -0.39 is 0 Å². The SMILES string of the molecule is CCCCn1nc(C)c(NC(=O)c2ccc(NC(=O)/C=C/c3cccs3)cc2)c1C. The number of nitrogens with one attached hydrogen (secondary N) is 2. The second-order valence-corrected chi connectivity index (χ2v) is 7.97. The molecule has 0 aliphatic heterocycles. The number of hydrogen-bond acceptors (Lipinski definition) is 4. The summed E-state index contributed by atoms with van der Waals surface area (Å²) in [7, 11) is 0. The summed E-state index contributed by atoms with van der Waals surface area (Å²) < 4.78 is 1.94. The molecular formula is C23H26N4O2S. The van der Waals surface area contributed by atoms with Crippen molar-refractivity contribution < 1.29 is 9.59 Å². The van der Waals surface area contributed by atoms with E-state index in [9.17, 15) is 9.59 Å². The Morgan fingerprint density at radius 2 is 1.90 bits per heavy atom. The van der Waals surface area contributed by atoms with Crippen LogP contribution in [-0.4, -0.2) is 21.6 Å². The molecule has 2 amide bonds. The molecule has 3 aromatic rings. The third-order valence-corrected chi connectivity index (χ3v) is 5.54. The summed E-state index contributed by atoms with van der Waals surface area (Å²) in [6.45, 7) is 6.84. The van der Waals surface area contributed by atoms with Crippen LogP contribution in [0.2, 0.25) is 0 Å². The van der Waals surface area contributed by atoms with E-state index in [2.05, 4.69) is 22.7 Å². The fraction of sp³-hybridized carbons (Fsp3) is 0.261. The summed E-state index contributed by atoms with van der Waals surface area (Å²) in [6, 6.07) is 10.7. The molecule has 0 spiro atoms. The Labute approximate surface area is 180 Å². The Hall–Kier alpha value is -3.19. The van der Waals surface area contributed by atoms with Gasteiger partial charge in [-0.15, -0.1) is 11.3 Å². The molecule has 30 heavy (non-hydrogen) atoms. The summed E-state index contributed by atoms with van der Waals surface area (Å²) >= 11 is 1.57. The average Bonchev–Trinajstić information content (AvgIpc) is 3.35. The fourth-order valence-electron chi connectivity index (χ4n) is 3.02. The zero-order valence-corrected chi connectivity index (χ0v) is 18.3. The van der Waals surface area contributed by atoms with Gasteiger partial charge in [0.15, 0.2) is 0 Å².